The zero-order chi connectivity index (χ0) is 17.1. The van der Waals surface area contributed by atoms with E-state index in [0.717, 1.165) is 34.8 Å². The molecule has 0 bridgehead atoms. The maximum Gasteiger partial charge on any atom is 0.274 e. The Kier molecular flexibility index (Phi) is 8.72. The molecule has 126 valence electrons. The van der Waals surface area contributed by atoms with Gasteiger partial charge in [0.1, 0.15) is 11.5 Å². The summed E-state index contributed by atoms with van der Waals surface area (Å²) in [6, 6.07) is 2.03. The summed E-state index contributed by atoms with van der Waals surface area (Å²) in [6.45, 7) is 3.56. The van der Waals surface area contributed by atoms with Gasteiger partial charge in [-0.1, -0.05) is 5.92 Å². The van der Waals surface area contributed by atoms with Crippen LogP contribution in [0.25, 0.3) is 0 Å². The highest BCUT2D eigenvalue weighted by atomic mass is 32.2. The zero-order valence-corrected chi connectivity index (χ0v) is 14.2. The van der Waals surface area contributed by atoms with E-state index in [2.05, 4.69) is 21.9 Å². The number of nitro groups is 1. The van der Waals surface area contributed by atoms with Crippen molar-refractivity contribution in [2.75, 3.05) is 25.9 Å². The second kappa shape index (κ2) is 10.6. The molecule has 0 aliphatic heterocycles. The molecule has 0 atom stereocenters. The second-order valence-electron chi connectivity index (χ2n) is 4.71. The van der Waals surface area contributed by atoms with E-state index in [1.165, 1.54) is 0 Å². The molecule has 3 N–H and O–H groups in total. The molecule has 0 saturated heterocycles. The smallest absolute Gasteiger partial charge is 0.274 e. The lowest BCUT2D eigenvalue weighted by Gasteiger charge is -2.09. The van der Waals surface area contributed by atoms with Gasteiger partial charge >= 0.3 is 0 Å². The molecule has 1 aromatic rings. The van der Waals surface area contributed by atoms with Gasteiger partial charge in [-0.15, -0.1) is 6.42 Å². The normalized spacial score (nSPS) is 11.1. The molecule has 0 amide bonds. The first-order valence-corrected chi connectivity index (χ1v) is 8.29. The van der Waals surface area contributed by atoms with Crippen LogP contribution in [-0.2, 0) is 12.3 Å². The molecule has 8 heteroatoms. The molecule has 23 heavy (non-hydrogen) atoms. The fraction of sp³-hybridized carbons (Fsp3) is 0.467. The van der Waals surface area contributed by atoms with Crippen molar-refractivity contribution >= 4 is 11.8 Å². The predicted molar refractivity (Wildman–Crippen MR) is 92.3 cm³/mol. The minimum Gasteiger partial charge on any atom is -0.464 e. The molecule has 0 spiro atoms. The van der Waals surface area contributed by atoms with Crippen molar-refractivity contribution in [2.24, 2.45) is 0 Å². The highest BCUT2D eigenvalue weighted by molar-refractivity contribution is 7.98. The highest BCUT2D eigenvalue weighted by Crippen LogP contribution is 2.20. The number of furan rings is 1. The highest BCUT2D eigenvalue weighted by Gasteiger charge is 2.07. The lowest BCUT2D eigenvalue weighted by molar-refractivity contribution is -0.404. The van der Waals surface area contributed by atoms with E-state index in [1.807, 2.05) is 20.0 Å². The molecule has 1 aromatic heterocycles. The summed E-state index contributed by atoms with van der Waals surface area (Å²) in [5.74, 6) is 6.14. The Morgan fingerprint density at radius 1 is 1.57 bits per heavy atom. The van der Waals surface area contributed by atoms with E-state index in [-0.39, 0.29) is 6.54 Å². The van der Waals surface area contributed by atoms with Gasteiger partial charge in [-0.05, 0) is 25.6 Å². The van der Waals surface area contributed by atoms with Crippen LogP contribution in [-0.4, -0.2) is 30.8 Å². The third kappa shape index (κ3) is 7.63. The van der Waals surface area contributed by atoms with Gasteiger partial charge in [0.2, 0.25) is 0 Å². The molecule has 0 aliphatic rings. The number of nitrogens with one attached hydrogen (secondary N) is 3. The van der Waals surface area contributed by atoms with Crippen LogP contribution in [0, 0.1) is 29.4 Å². The molecule has 1 rings (SSSR count). The minimum atomic E-state index is -0.519. The van der Waals surface area contributed by atoms with Crippen molar-refractivity contribution in [3.05, 3.63) is 45.3 Å². The molecule has 0 unspecified atom stereocenters. The Morgan fingerprint density at radius 2 is 2.35 bits per heavy atom. The Bertz CT molecular complexity index is 578. The van der Waals surface area contributed by atoms with Crippen molar-refractivity contribution in [1.82, 2.24) is 16.0 Å². The van der Waals surface area contributed by atoms with Gasteiger partial charge in [0, 0.05) is 12.3 Å². The molecule has 0 saturated carbocycles. The van der Waals surface area contributed by atoms with E-state index in [1.54, 1.807) is 11.8 Å². The van der Waals surface area contributed by atoms with E-state index in [0.29, 0.717) is 18.9 Å². The largest absolute Gasteiger partial charge is 0.464 e. The van der Waals surface area contributed by atoms with E-state index < -0.39 is 4.92 Å². The maximum atomic E-state index is 10.5. The lowest BCUT2D eigenvalue weighted by atomic mass is 10.3. The van der Waals surface area contributed by atoms with Gasteiger partial charge in [-0.25, -0.2) is 0 Å². The maximum absolute atomic E-state index is 10.5. The van der Waals surface area contributed by atoms with E-state index in [9.17, 15) is 10.1 Å². The van der Waals surface area contributed by atoms with Crippen LogP contribution in [0.2, 0.25) is 0 Å². The summed E-state index contributed by atoms with van der Waals surface area (Å²) in [7, 11) is 1.88. The average Bonchev–Trinajstić information content (AvgIpc) is 2.84. The minimum absolute atomic E-state index is 0.236. The van der Waals surface area contributed by atoms with Crippen molar-refractivity contribution in [2.45, 2.75) is 19.2 Å². The summed E-state index contributed by atoms with van der Waals surface area (Å²) in [6.07, 6.45) is 6.01. The number of terminal acetylenes is 1. The number of aryl methyl sites for hydroxylation is 1. The van der Waals surface area contributed by atoms with Gasteiger partial charge < -0.3 is 20.4 Å². The summed E-state index contributed by atoms with van der Waals surface area (Å²) >= 11 is 1.69. The summed E-state index contributed by atoms with van der Waals surface area (Å²) < 4.78 is 5.75. The molecular weight excluding hydrogens is 316 g/mol. The van der Waals surface area contributed by atoms with E-state index in [4.69, 9.17) is 10.8 Å². The van der Waals surface area contributed by atoms with Crippen LogP contribution >= 0.6 is 11.8 Å². The Balaban J connectivity index is 2.33. The van der Waals surface area contributed by atoms with Crippen LogP contribution in [0.15, 0.2) is 22.5 Å². The average molecular weight is 338 g/mol. The van der Waals surface area contributed by atoms with Crippen LogP contribution < -0.4 is 16.0 Å². The Labute approximate surface area is 140 Å². The van der Waals surface area contributed by atoms with Gasteiger partial charge in [-0.2, -0.15) is 11.8 Å². The van der Waals surface area contributed by atoms with Crippen molar-refractivity contribution in [1.29, 1.82) is 0 Å². The number of thioether (sulfide) groups is 1. The molecule has 0 aromatic carbocycles. The standard InChI is InChI=1S/C15H22N4O3S/c1-4-5-17-15(10-19(20)21)18-6-7-23-11-14-12(2)8-13(22-14)9-16-3/h1,8,10,16-18H,5-7,9,11H2,2-3H3/b15-10-. The van der Waals surface area contributed by atoms with Crippen LogP contribution in [0.3, 0.4) is 0 Å². The monoisotopic (exact) mass is 338 g/mol. The van der Waals surface area contributed by atoms with Gasteiger partial charge in [0.05, 0.1) is 23.8 Å². The summed E-state index contributed by atoms with van der Waals surface area (Å²) in [4.78, 5) is 10.00. The fourth-order valence-corrected chi connectivity index (χ4v) is 2.69. The van der Waals surface area contributed by atoms with Crippen molar-refractivity contribution in [3.8, 4) is 12.3 Å². The second-order valence-corrected chi connectivity index (χ2v) is 5.82. The van der Waals surface area contributed by atoms with Crippen molar-refractivity contribution in [3.63, 3.8) is 0 Å². The van der Waals surface area contributed by atoms with Crippen LogP contribution in [0.1, 0.15) is 17.1 Å². The molecule has 0 radical (unpaired) electrons. The molecule has 0 aliphatic carbocycles. The zero-order valence-electron chi connectivity index (χ0n) is 13.3. The van der Waals surface area contributed by atoms with Gasteiger partial charge in [0.15, 0.2) is 5.82 Å². The Hall–Kier alpha value is -2.11. The van der Waals surface area contributed by atoms with Gasteiger partial charge in [0.25, 0.3) is 6.20 Å². The summed E-state index contributed by atoms with van der Waals surface area (Å²) in [5.41, 5.74) is 1.14. The summed E-state index contributed by atoms with van der Waals surface area (Å²) in [5, 5.41) is 19.3. The first kappa shape index (κ1) is 18.9. The molecule has 1 heterocycles. The number of nitrogens with zero attached hydrogens (tertiary/aromatic N) is 1. The first-order valence-electron chi connectivity index (χ1n) is 7.13. The first-order chi connectivity index (χ1) is 11.1. The topological polar surface area (TPSA) is 92.4 Å². The number of hydrogen-bond acceptors (Lipinski definition) is 7. The lowest BCUT2D eigenvalue weighted by Crippen LogP contribution is -2.29. The van der Waals surface area contributed by atoms with Crippen LogP contribution in [0.5, 0.6) is 0 Å². The van der Waals surface area contributed by atoms with E-state index >= 15 is 0 Å². The van der Waals surface area contributed by atoms with Crippen LogP contribution in [0.4, 0.5) is 0 Å². The number of hydrogen-bond donors (Lipinski definition) is 3. The molecule has 7 nitrogen and oxygen atoms in total. The SMILES string of the molecule is C#CCN/C(=C/[N+](=O)[O-])NCCSCc1oc(CNC)cc1C. The van der Waals surface area contributed by atoms with Crippen molar-refractivity contribution < 1.29 is 9.34 Å². The number of rotatable bonds is 11. The third-order valence-corrected chi connectivity index (χ3v) is 3.79. The quantitative estimate of drug-likeness (QED) is 0.243. The Morgan fingerprint density at radius 3 is 3.00 bits per heavy atom. The predicted octanol–water partition coefficient (Wildman–Crippen LogP) is 1.43. The molecular formula is C15H22N4O3S. The van der Waals surface area contributed by atoms with Gasteiger partial charge in [-0.3, -0.25) is 10.1 Å². The molecule has 0 fully saturated rings. The third-order valence-electron chi connectivity index (χ3n) is 2.83. The fourth-order valence-electron chi connectivity index (χ4n) is 1.82.